The molecule has 0 unspecified atom stereocenters. The zero-order chi connectivity index (χ0) is 37.3. The second-order valence-corrected chi connectivity index (χ2v) is 14.5. The van der Waals surface area contributed by atoms with Crippen LogP contribution in [0.4, 0.5) is 17.1 Å². The number of anilines is 3. The topological polar surface area (TPSA) is 3.24 Å². The van der Waals surface area contributed by atoms with Gasteiger partial charge >= 0.3 is 0 Å². The van der Waals surface area contributed by atoms with E-state index in [2.05, 4.69) is 229 Å². The summed E-state index contributed by atoms with van der Waals surface area (Å²) in [5, 5.41) is 0. The molecular formula is C55H39N. The van der Waals surface area contributed by atoms with E-state index in [4.69, 9.17) is 0 Å². The predicted octanol–water partition coefficient (Wildman–Crippen LogP) is 15.1. The fourth-order valence-corrected chi connectivity index (χ4v) is 8.34. The maximum atomic E-state index is 2.39. The first-order chi connectivity index (χ1) is 27.8. The Morgan fingerprint density at radius 1 is 0.250 bits per heavy atom. The number of hydrogen-bond donors (Lipinski definition) is 0. The molecule has 0 N–H and O–H groups in total. The summed E-state index contributed by atoms with van der Waals surface area (Å²) in [7, 11) is 0. The summed E-state index contributed by atoms with van der Waals surface area (Å²) in [6.07, 6.45) is 0.943. The fraction of sp³-hybridized carbons (Fsp3) is 0.0182. The molecule has 1 aliphatic rings. The number of rotatable bonds is 8. The van der Waals surface area contributed by atoms with Crippen molar-refractivity contribution < 1.29 is 0 Å². The first-order valence-corrected chi connectivity index (χ1v) is 19.4. The van der Waals surface area contributed by atoms with Gasteiger partial charge in [-0.05, 0) is 121 Å². The highest BCUT2D eigenvalue weighted by atomic mass is 15.1. The Balaban J connectivity index is 1.08. The van der Waals surface area contributed by atoms with Gasteiger partial charge in [0, 0.05) is 17.1 Å². The molecule has 1 heteroatoms. The quantitative estimate of drug-likeness (QED) is 0.152. The minimum atomic E-state index is 0.943. The van der Waals surface area contributed by atoms with Crippen molar-refractivity contribution in [2.75, 3.05) is 4.90 Å². The van der Waals surface area contributed by atoms with Crippen LogP contribution in [0.25, 0.3) is 66.8 Å². The van der Waals surface area contributed by atoms with Crippen molar-refractivity contribution in [3.05, 3.63) is 236 Å². The monoisotopic (exact) mass is 713 g/mol. The lowest BCUT2D eigenvalue weighted by atomic mass is 9.89. The minimum absolute atomic E-state index is 0.943. The zero-order valence-electron chi connectivity index (χ0n) is 31.0. The Kier molecular flexibility index (Phi) is 8.67. The summed E-state index contributed by atoms with van der Waals surface area (Å²) >= 11 is 0. The molecule has 0 saturated heterocycles. The van der Waals surface area contributed by atoms with Crippen molar-refractivity contribution in [1.29, 1.82) is 0 Å². The highest BCUT2D eigenvalue weighted by molar-refractivity contribution is 5.93. The molecule has 0 amide bonds. The number of benzene rings is 9. The van der Waals surface area contributed by atoms with Crippen LogP contribution in [-0.4, -0.2) is 0 Å². The highest BCUT2D eigenvalue weighted by Crippen LogP contribution is 2.46. The van der Waals surface area contributed by atoms with Gasteiger partial charge in [-0.1, -0.05) is 188 Å². The number of fused-ring (bicyclic) bond motifs is 3. The molecule has 0 heterocycles. The molecule has 9 aromatic rings. The van der Waals surface area contributed by atoms with E-state index >= 15 is 0 Å². The molecule has 56 heavy (non-hydrogen) atoms. The van der Waals surface area contributed by atoms with Gasteiger partial charge in [0.1, 0.15) is 0 Å². The molecule has 0 atom stereocenters. The average Bonchev–Trinajstić information content (AvgIpc) is 3.67. The Labute approximate surface area is 329 Å². The van der Waals surface area contributed by atoms with Gasteiger partial charge in [-0.15, -0.1) is 0 Å². The second-order valence-electron chi connectivity index (χ2n) is 14.5. The van der Waals surface area contributed by atoms with Crippen molar-refractivity contribution in [2.24, 2.45) is 0 Å². The van der Waals surface area contributed by atoms with Crippen LogP contribution in [0.5, 0.6) is 0 Å². The molecule has 9 aromatic carbocycles. The summed E-state index contributed by atoms with van der Waals surface area (Å²) in [6, 6.07) is 81.5. The fourth-order valence-electron chi connectivity index (χ4n) is 8.34. The Hall–Kier alpha value is -7.22. The number of hydrogen-bond acceptors (Lipinski definition) is 1. The Bertz CT molecular complexity index is 2770. The van der Waals surface area contributed by atoms with Crippen molar-refractivity contribution in [1.82, 2.24) is 0 Å². The van der Waals surface area contributed by atoms with Gasteiger partial charge in [0.15, 0.2) is 0 Å². The van der Waals surface area contributed by atoms with E-state index in [0.717, 1.165) is 23.5 Å². The van der Waals surface area contributed by atoms with Gasteiger partial charge in [-0.2, -0.15) is 0 Å². The van der Waals surface area contributed by atoms with Crippen LogP contribution in [0.2, 0.25) is 0 Å². The second kappa shape index (κ2) is 14.5. The van der Waals surface area contributed by atoms with Gasteiger partial charge < -0.3 is 4.90 Å². The van der Waals surface area contributed by atoms with E-state index in [1.54, 1.807) is 0 Å². The summed E-state index contributed by atoms with van der Waals surface area (Å²) in [6.45, 7) is 0. The van der Waals surface area contributed by atoms with E-state index in [9.17, 15) is 0 Å². The van der Waals surface area contributed by atoms with Gasteiger partial charge in [0.25, 0.3) is 0 Å². The van der Waals surface area contributed by atoms with Crippen molar-refractivity contribution >= 4 is 17.1 Å². The molecule has 0 spiro atoms. The third-order valence-corrected chi connectivity index (χ3v) is 11.2. The van der Waals surface area contributed by atoms with Crippen molar-refractivity contribution in [3.8, 4) is 66.8 Å². The number of nitrogens with zero attached hydrogens (tertiary/aromatic N) is 1. The van der Waals surface area contributed by atoms with Crippen molar-refractivity contribution in [2.45, 2.75) is 6.42 Å². The molecule has 0 aromatic heterocycles. The van der Waals surface area contributed by atoms with Crippen molar-refractivity contribution in [3.63, 3.8) is 0 Å². The van der Waals surface area contributed by atoms with Crippen LogP contribution in [0, 0.1) is 0 Å². The Morgan fingerprint density at radius 2 is 0.643 bits per heavy atom. The van der Waals surface area contributed by atoms with Gasteiger partial charge in [0.2, 0.25) is 0 Å². The van der Waals surface area contributed by atoms with Crippen LogP contribution in [0.15, 0.2) is 224 Å². The molecule has 0 fully saturated rings. The third kappa shape index (κ3) is 6.30. The lowest BCUT2D eigenvalue weighted by Gasteiger charge is -2.27. The molecule has 0 aliphatic heterocycles. The molecule has 0 saturated carbocycles. The van der Waals surface area contributed by atoms with Crippen LogP contribution in [-0.2, 0) is 6.42 Å². The van der Waals surface area contributed by atoms with Crippen LogP contribution < -0.4 is 4.90 Å². The highest BCUT2D eigenvalue weighted by Gasteiger charge is 2.23. The van der Waals surface area contributed by atoms with Gasteiger partial charge in [-0.3, -0.25) is 0 Å². The van der Waals surface area contributed by atoms with Crippen LogP contribution in [0.3, 0.4) is 0 Å². The van der Waals surface area contributed by atoms with Gasteiger partial charge in [0.05, 0.1) is 0 Å². The normalized spacial score (nSPS) is 11.5. The first-order valence-electron chi connectivity index (χ1n) is 19.4. The summed E-state index contributed by atoms with van der Waals surface area (Å²) < 4.78 is 0. The standard InChI is InChI=1S/C55H39N/c1-4-13-39(14-5-1)41-23-25-42(26-24-41)44-29-33-48(34-30-44)56(47-31-27-43(28-32-47)40-15-6-2-7-16-40)49-35-36-53(54(38-49)45-17-8-3-9-18-45)52-22-12-21-51-50-20-11-10-19-46(50)37-55(51)52/h1-36,38H,37H2. The minimum Gasteiger partial charge on any atom is -0.310 e. The van der Waals surface area contributed by atoms with E-state index in [0.29, 0.717) is 0 Å². The molecule has 1 aliphatic carbocycles. The summed E-state index contributed by atoms with van der Waals surface area (Å²) in [5.74, 6) is 0. The molecular weight excluding hydrogens is 675 g/mol. The van der Waals surface area contributed by atoms with E-state index in [-0.39, 0.29) is 0 Å². The maximum Gasteiger partial charge on any atom is 0.0468 e. The molecule has 264 valence electrons. The summed E-state index contributed by atoms with van der Waals surface area (Å²) in [4.78, 5) is 2.39. The lowest BCUT2D eigenvalue weighted by Crippen LogP contribution is -2.10. The summed E-state index contributed by atoms with van der Waals surface area (Å²) in [5.41, 5.74) is 21.0. The maximum absolute atomic E-state index is 2.39. The third-order valence-electron chi connectivity index (χ3n) is 11.2. The largest absolute Gasteiger partial charge is 0.310 e. The zero-order valence-corrected chi connectivity index (χ0v) is 31.0. The van der Waals surface area contributed by atoms with Gasteiger partial charge in [-0.25, -0.2) is 0 Å². The average molecular weight is 714 g/mol. The molecule has 1 nitrogen and oxygen atoms in total. The smallest absolute Gasteiger partial charge is 0.0468 e. The molecule has 10 rings (SSSR count). The molecule has 0 radical (unpaired) electrons. The first kappa shape index (κ1) is 33.4. The lowest BCUT2D eigenvalue weighted by molar-refractivity contribution is 1.26. The van der Waals surface area contributed by atoms with E-state index in [1.807, 2.05) is 0 Å². The molecule has 0 bridgehead atoms. The van der Waals surface area contributed by atoms with Crippen LogP contribution >= 0.6 is 0 Å². The Morgan fingerprint density at radius 3 is 1.18 bits per heavy atom. The van der Waals surface area contributed by atoms with E-state index in [1.165, 1.54) is 77.9 Å². The SMILES string of the molecule is c1ccc(-c2ccc(-c3ccc(N(c4ccc(-c5ccccc5)cc4)c4ccc(-c5cccc6c5Cc5ccccc5-6)c(-c5ccccc5)c4)cc3)cc2)cc1. The van der Waals surface area contributed by atoms with E-state index < -0.39 is 0 Å². The predicted molar refractivity (Wildman–Crippen MR) is 237 cm³/mol. The van der Waals surface area contributed by atoms with Crippen LogP contribution in [0.1, 0.15) is 11.1 Å².